The summed E-state index contributed by atoms with van der Waals surface area (Å²) < 4.78 is 36.1. The van der Waals surface area contributed by atoms with E-state index >= 15 is 0 Å². The predicted octanol–water partition coefficient (Wildman–Crippen LogP) is 2.94. The van der Waals surface area contributed by atoms with Gasteiger partial charge in [0.05, 0.1) is 6.04 Å². The number of thiophene rings is 1. The number of alkyl halides is 3. The predicted molar refractivity (Wildman–Crippen MR) is 62.6 cm³/mol. The van der Waals surface area contributed by atoms with Gasteiger partial charge < -0.3 is 10.2 Å². The second-order valence-electron chi connectivity index (χ2n) is 4.19. The quantitative estimate of drug-likeness (QED) is 0.841. The van der Waals surface area contributed by atoms with Crippen LogP contribution in [0.3, 0.4) is 0 Å². The maximum absolute atomic E-state index is 12.0. The van der Waals surface area contributed by atoms with Gasteiger partial charge in [0, 0.05) is 11.4 Å². The van der Waals surface area contributed by atoms with Crippen LogP contribution in [0.5, 0.6) is 0 Å². The zero-order valence-electron chi connectivity index (χ0n) is 9.75. The molecule has 2 amide bonds. The fourth-order valence-corrected chi connectivity index (χ4v) is 3.03. The molecule has 2 rings (SSSR count). The summed E-state index contributed by atoms with van der Waals surface area (Å²) in [4.78, 5) is 14.4. The Kier molecular flexibility index (Phi) is 3.52. The minimum absolute atomic E-state index is 0.173. The molecule has 1 aromatic rings. The molecule has 100 valence electrons. The largest absolute Gasteiger partial charge is 0.405 e. The molecule has 1 N–H and O–H groups in total. The fourth-order valence-electron chi connectivity index (χ4n) is 2.06. The number of fused-ring (bicyclic) bond motifs is 1. The summed E-state index contributed by atoms with van der Waals surface area (Å²) in [6.07, 6.45) is -3.67. The van der Waals surface area contributed by atoms with Crippen molar-refractivity contribution in [2.75, 3.05) is 13.1 Å². The van der Waals surface area contributed by atoms with E-state index < -0.39 is 18.8 Å². The van der Waals surface area contributed by atoms with Crippen LogP contribution in [0.2, 0.25) is 0 Å². The number of amides is 2. The van der Waals surface area contributed by atoms with Crippen LogP contribution in [0.1, 0.15) is 23.4 Å². The molecular weight excluding hydrogens is 265 g/mol. The number of hydrogen-bond donors (Lipinski definition) is 1. The van der Waals surface area contributed by atoms with Crippen molar-refractivity contribution in [3.63, 3.8) is 0 Å². The molecule has 0 aromatic carbocycles. The number of urea groups is 1. The average Bonchev–Trinajstić information content (AvgIpc) is 2.74. The number of halogens is 3. The SMILES string of the molecule is CC1c2ccsc2CCN1C(=O)NCC(F)(F)F. The maximum atomic E-state index is 12.0. The molecule has 1 aliphatic heterocycles. The summed E-state index contributed by atoms with van der Waals surface area (Å²) in [6, 6.07) is 1.10. The van der Waals surface area contributed by atoms with E-state index in [1.165, 1.54) is 9.78 Å². The summed E-state index contributed by atoms with van der Waals surface area (Å²) >= 11 is 1.62. The Balaban J connectivity index is 2.01. The molecule has 0 radical (unpaired) electrons. The summed E-state index contributed by atoms with van der Waals surface area (Å²) in [5.74, 6) is 0. The molecule has 0 spiro atoms. The standard InChI is InChI=1S/C11H13F3N2OS/c1-7-8-3-5-18-9(8)2-4-16(7)10(17)15-6-11(12,13)14/h3,5,7H,2,4,6H2,1H3,(H,15,17). The minimum Gasteiger partial charge on any atom is -0.329 e. The van der Waals surface area contributed by atoms with Crippen LogP contribution in [-0.4, -0.2) is 30.2 Å². The summed E-state index contributed by atoms with van der Waals surface area (Å²) in [7, 11) is 0. The lowest BCUT2D eigenvalue weighted by Gasteiger charge is -2.33. The van der Waals surface area contributed by atoms with Crippen molar-refractivity contribution in [2.24, 2.45) is 0 Å². The van der Waals surface area contributed by atoms with Crippen molar-refractivity contribution in [2.45, 2.75) is 25.6 Å². The Hall–Kier alpha value is -1.24. The molecular formula is C11H13F3N2OS. The summed E-state index contributed by atoms with van der Waals surface area (Å²) in [5.41, 5.74) is 1.04. The average molecular weight is 278 g/mol. The lowest BCUT2D eigenvalue weighted by molar-refractivity contribution is -0.123. The van der Waals surface area contributed by atoms with Gasteiger partial charge in [-0.05, 0) is 30.4 Å². The second kappa shape index (κ2) is 4.79. The van der Waals surface area contributed by atoms with Gasteiger partial charge in [-0.3, -0.25) is 0 Å². The van der Waals surface area contributed by atoms with Crippen LogP contribution in [0.25, 0.3) is 0 Å². The van der Waals surface area contributed by atoms with Gasteiger partial charge in [-0.2, -0.15) is 13.2 Å². The number of rotatable bonds is 1. The van der Waals surface area contributed by atoms with E-state index in [2.05, 4.69) is 0 Å². The highest BCUT2D eigenvalue weighted by Crippen LogP contribution is 2.32. The van der Waals surface area contributed by atoms with Crippen molar-refractivity contribution in [1.29, 1.82) is 0 Å². The molecule has 7 heteroatoms. The van der Waals surface area contributed by atoms with Gasteiger partial charge in [0.1, 0.15) is 6.54 Å². The first-order chi connectivity index (χ1) is 8.38. The Morgan fingerprint density at radius 3 is 3.00 bits per heavy atom. The molecule has 0 bridgehead atoms. The first-order valence-corrected chi connectivity index (χ1v) is 6.44. The maximum Gasteiger partial charge on any atom is 0.405 e. The molecule has 0 saturated heterocycles. The molecule has 18 heavy (non-hydrogen) atoms. The van der Waals surface area contributed by atoms with Crippen molar-refractivity contribution in [1.82, 2.24) is 10.2 Å². The number of carbonyl (C=O) groups excluding carboxylic acids is 1. The minimum atomic E-state index is -4.37. The Bertz CT molecular complexity index is 444. The van der Waals surface area contributed by atoms with E-state index in [1.54, 1.807) is 11.3 Å². The van der Waals surface area contributed by atoms with Crippen LogP contribution >= 0.6 is 11.3 Å². The van der Waals surface area contributed by atoms with Crippen LogP contribution in [0.15, 0.2) is 11.4 Å². The first kappa shape index (κ1) is 13.2. The van der Waals surface area contributed by atoms with Gasteiger partial charge in [-0.15, -0.1) is 11.3 Å². The van der Waals surface area contributed by atoms with Crippen molar-refractivity contribution < 1.29 is 18.0 Å². The Morgan fingerprint density at radius 1 is 1.61 bits per heavy atom. The third-order valence-electron chi connectivity index (χ3n) is 2.98. The molecule has 0 saturated carbocycles. The van der Waals surface area contributed by atoms with Gasteiger partial charge in [0.2, 0.25) is 0 Å². The van der Waals surface area contributed by atoms with Gasteiger partial charge in [0.15, 0.2) is 0 Å². The van der Waals surface area contributed by atoms with Gasteiger partial charge >= 0.3 is 12.2 Å². The van der Waals surface area contributed by atoms with Gasteiger partial charge in [-0.25, -0.2) is 4.79 Å². The second-order valence-corrected chi connectivity index (χ2v) is 5.19. The van der Waals surface area contributed by atoms with E-state index in [-0.39, 0.29) is 6.04 Å². The third-order valence-corrected chi connectivity index (χ3v) is 3.97. The third kappa shape index (κ3) is 2.77. The van der Waals surface area contributed by atoms with E-state index in [9.17, 15) is 18.0 Å². The number of nitrogens with zero attached hydrogens (tertiary/aromatic N) is 1. The zero-order valence-corrected chi connectivity index (χ0v) is 10.6. The monoisotopic (exact) mass is 278 g/mol. The highest BCUT2D eigenvalue weighted by atomic mass is 32.1. The van der Waals surface area contributed by atoms with E-state index in [1.807, 2.05) is 23.7 Å². The van der Waals surface area contributed by atoms with Crippen molar-refractivity contribution in [3.8, 4) is 0 Å². The van der Waals surface area contributed by atoms with Crippen LogP contribution in [0.4, 0.5) is 18.0 Å². The molecule has 1 atom stereocenters. The molecule has 0 aliphatic carbocycles. The molecule has 1 aliphatic rings. The normalized spacial score (nSPS) is 19.6. The summed E-state index contributed by atoms with van der Waals surface area (Å²) in [5, 5.41) is 3.85. The van der Waals surface area contributed by atoms with E-state index in [0.29, 0.717) is 13.0 Å². The fraction of sp³-hybridized carbons (Fsp3) is 0.545. The van der Waals surface area contributed by atoms with Crippen LogP contribution in [-0.2, 0) is 6.42 Å². The molecule has 1 aromatic heterocycles. The zero-order chi connectivity index (χ0) is 13.3. The van der Waals surface area contributed by atoms with Gasteiger partial charge in [-0.1, -0.05) is 0 Å². The number of hydrogen-bond acceptors (Lipinski definition) is 2. The summed E-state index contributed by atoms with van der Waals surface area (Å²) in [6.45, 7) is 1.00. The smallest absolute Gasteiger partial charge is 0.329 e. The molecule has 1 unspecified atom stereocenters. The highest BCUT2D eigenvalue weighted by molar-refractivity contribution is 7.10. The molecule has 2 heterocycles. The van der Waals surface area contributed by atoms with Crippen molar-refractivity contribution >= 4 is 17.4 Å². The Labute approximate surface area is 107 Å². The lowest BCUT2D eigenvalue weighted by Crippen LogP contribution is -2.46. The van der Waals surface area contributed by atoms with E-state index in [4.69, 9.17) is 0 Å². The van der Waals surface area contributed by atoms with E-state index in [0.717, 1.165) is 5.56 Å². The number of nitrogens with one attached hydrogen (secondary N) is 1. The highest BCUT2D eigenvalue weighted by Gasteiger charge is 2.32. The van der Waals surface area contributed by atoms with Gasteiger partial charge in [0.25, 0.3) is 0 Å². The molecule has 0 fully saturated rings. The van der Waals surface area contributed by atoms with Crippen LogP contribution in [0, 0.1) is 0 Å². The van der Waals surface area contributed by atoms with Crippen molar-refractivity contribution in [3.05, 3.63) is 21.9 Å². The topological polar surface area (TPSA) is 32.3 Å². The Morgan fingerprint density at radius 2 is 2.33 bits per heavy atom. The first-order valence-electron chi connectivity index (χ1n) is 5.56. The molecule has 3 nitrogen and oxygen atoms in total. The van der Waals surface area contributed by atoms with Crippen LogP contribution < -0.4 is 5.32 Å². The number of carbonyl (C=O) groups is 1. The lowest BCUT2D eigenvalue weighted by atomic mass is 10.0.